The monoisotopic (exact) mass is 205 g/mol. The zero-order valence-electron chi connectivity index (χ0n) is 9.06. The van der Waals surface area contributed by atoms with Gasteiger partial charge >= 0.3 is 0 Å². The van der Waals surface area contributed by atoms with E-state index >= 15 is 0 Å². The van der Waals surface area contributed by atoms with Gasteiger partial charge in [-0.15, -0.1) is 0 Å². The van der Waals surface area contributed by atoms with Crippen molar-refractivity contribution in [3.63, 3.8) is 0 Å². The number of rotatable bonds is 4. The molecule has 0 aliphatic carbocycles. The number of nitrogens with zero attached hydrogens (tertiary/aromatic N) is 1. The fraction of sp³-hybridized carbons (Fsp3) is 0.417. The SMILES string of the molecule is CCOC(C)OCC#Cc1ccccn1. The highest BCUT2D eigenvalue weighted by molar-refractivity contribution is 5.26. The molecule has 0 spiro atoms. The summed E-state index contributed by atoms with van der Waals surface area (Å²) in [7, 11) is 0. The first-order chi connectivity index (χ1) is 7.33. The number of aromatic nitrogens is 1. The van der Waals surface area contributed by atoms with E-state index in [9.17, 15) is 0 Å². The molecule has 1 unspecified atom stereocenters. The second-order valence-corrected chi connectivity index (χ2v) is 2.85. The van der Waals surface area contributed by atoms with Crippen molar-refractivity contribution in [3.05, 3.63) is 30.1 Å². The van der Waals surface area contributed by atoms with Crippen LogP contribution in [0.1, 0.15) is 19.5 Å². The molecule has 1 aromatic heterocycles. The summed E-state index contributed by atoms with van der Waals surface area (Å²) in [5.74, 6) is 5.78. The van der Waals surface area contributed by atoms with Gasteiger partial charge in [0.1, 0.15) is 12.3 Å². The first-order valence-corrected chi connectivity index (χ1v) is 4.96. The number of hydrogen-bond donors (Lipinski definition) is 0. The maximum atomic E-state index is 5.28. The third-order valence-electron chi connectivity index (χ3n) is 1.67. The molecule has 1 atom stereocenters. The van der Waals surface area contributed by atoms with E-state index in [2.05, 4.69) is 16.8 Å². The first kappa shape index (κ1) is 11.7. The van der Waals surface area contributed by atoms with Crippen molar-refractivity contribution >= 4 is 0 Å². The molecule has 3 nitrogen and oxygen atoms in total. The van der Waals surface area contributed by atoms with Gasteiger partial charge in [-0.05, 0) is 31.9 Å². The average Bonchev–Trinajstić information content (AvgIpc) is 2.26. The minimum Gasteiger partial charge on any atom is -0.353 e. The lowest BCUT2D eigenvalue weighted by Gasteiger charge is -2.09. The normalized spacial score (nSPS) is 11.6. The molecular weight excluding hydrogens is 190 g/mol. The minimum absolute atomic E-state index is 0.201. The van der Waals surface area contributed by atoms with Crippen LogP contribution >= 0.6 is 0 Å². The highest BCUT2D eigenvalue weighted by Gasteiger charge is 1.96. The Hall–Kier alpha value is -1.37. The van der Waals surface area contributed by atoms with E-state index in [0.717, 1.165) is 5.69 Å². The van der Waals surface area contributed by atoms with E-state index in [1.54, 1.807) is 6.20 Å². The summed E-state index contributed by atoms with van der Waals surface area (Å²) in [6.45, 7) is 4.79. The van der Waals surface area contributed by atoms with Crippen LogP contribution in [-0.4, -0.2) is 24.5 Å². The van der Waals surface area contributed by atoms with Crippen LogP contribution in [0.5, 0.6) is 0 Å². The molecule has 1 rings (SSSR count). The Balaban J connectivity index is 2.28. The molecule has 0 bridgehead atoms. The van der Waals surface area contributed by atoms with Crippen LogP contribution < -0.4 is 0 Å². The highest BCUT2D eigenvalue weighted by atomic mass is 16.7. The van der Waals surface area contributed by atoms with Crippen LogP contribution in [0.15, 0.2) is 24.4 Å². The van der Waals surface area contributed by atoms with Crippen LogP contribution in [0.3, 0.4) is 0 Å². The second-order valence-electron chi connectivity index (χ2n) is 2.85. The lowest BCUT2D eigenvalue weighted by atomic mass is 10.3. The van der Waals surface area contributed by atoms with Crippen molar-refractivity contribution in [2.75, 3.05) is 13.2 Å². The topological polar surface area (TPSA) is 31.4 Å². The second kappa shape index (κ2) is 6.99. The Bertz CT molecular complexity index is 326. The average molecular weight is 205 g/mol. The summed E-state index contributed by atoms with van der Waals surface area (Å²) >= 11 is 0. The van der Waals surface area contributed by atoms with E-state index in [0.29, 0.717) is 13.2 Å². The van der Waals surface area contributed by atoms with Crippen LogP contribution in [0.4, 0.5) is 0 Å². The van der Waals surface area contributed by atoms with E-state index in [4.69, 9.17) is 9.47 Å². The molecule has 0 amide bonds. The Morgan fingerprint density at radius 2 is 2.27 bits per heavy atom. The summed E-state index contributed by atoms with van der Waals surface area (Å²) in [6, 6.07) is 5.62. The summed E-state index contributed by atoms with van der Waals surface area (Å²) in [6.07, 6.45) is 1.52. The third-order valence-corrected chi connectivity index (χ3v) is 1.67. The molecule has 3 heteroatoms. The van der Waals surface area contributed by atoms with E-state index in [-0.39, 0.29) is 6.29 Å². The predicted octanol–water partition coefficient (Wildman–Crippen LogP) is 1.83. The maximum Gasteiger partial charge on any atom is 0.156 e. The number of ether oxygens (including phenoxy) is 2. The van der Waals surface area contributed by atoms with Gasteiger partial charge in [-0.1, -0.05) is 12.0 Å². The molecule has 1 heterocycles. The Kier molecular flexibility index (Phi) is 5.46. The van der Waals surface area contributed by atoms with Gasteiger partial charge in [0.15, 0.2) is 6.29 Å². The van der Waals surface area contributed by atoms with Crippen molar-refractivity contribution in [2.45, 2.75) is 20.1 Å². The first-order valence-electron chi connectivity index (χ1n) is 4.96. The maximum absolute atomic E-state index is 5.28. The molecule has 0 aromatic carbocycles. The summed E-state index contributed by atoms with van der Waals surface area (Å²) in [5, 5.41) is 0. The fourth-order valence-corrected chi connectivity index (χ4v) is 1.01. The Labute approximate surface area is 90.4 Å². The van der Waals surface area contributed by atoms with Gasteiger partial charge < -0.3 is 9.47 Å². The van der Waals surface area contributed by atoms with Gasteiger partial charge in [-0.3, -0.25) is 0 Å². The standard InChI is InChI=1S/C12H15NO2/c1-3-14-11(2)15-10-6-8-12-7-4-5-9-13-12/h4-5,7,9,11H,3,10H2,1-2H3. The summed E-state index contributed by atoms with van der Waals surface area (Å²) < 4.78 is 10.5. The quantitative estimate of drug-likeness (QED) is 0.555. The van der Waals surface area contributed by atoms with Gasteiger partial charge in [0.25, 0.3) is 0 Å². The number of hydrogen-bond acceptors (Lipinski definition) is 3. The van der Waals surface area contributed by atoms with Crippen LogP contribution in [-0.2, 0) is 9.47 Å². The number of pyridine rings is 1. The summed E-state index contributed by atoms with van der Waals surface area (Å²) in [4.78, 5) is 4.07. The molecule has 0 fully saturated rings. The molecule has 0 N–H and O–H groups in total. The third kappa shape index (κ3) is 5.16. The van der Waals surface area contributed by atoms with Crippen molar-refractivity contribution in [2.24, 2.45) is 0 Å². The smallest absolute Gasteiger partial charge is 0.156 e. The lowest BCUT2D eigenvalue weighted by molar-refractivity contribution is -0.117. The highest BCUT2D eigenvalue weighted by Crippen LogP contribution is 1.92. The van der Waals surface area contributed by atoms with Gasteiger partial charge in [0.2, 0.25) is 0 Å². The largest absolute Gasteiger partial charge is 0.353 e. The zero-order chi connectivity index (χ0) is 10.9. The zero-order valence-corrected chi connectivity index (χ0v) is 9.06. The molecule has 0 saturated heterocycles. The molecule has 0 aliphatic rings. The molecule has 15 heavy (non-hydrogen) atoms. The van der Waals surface area contributed by atoms with Gasteiger partial charge in [-0.2, -0.15) is 0 Å². The Morgan fingerprint density at radius 1 is 1.40 bits per heavy atom. The van der Waals surface area contributed by atoms with Crippen molar-refractivity contribution in [3.8, 4) is 11.8 Å². The van der Waals surface area contributed by atoms with Gasteiger partial charge in [0.05, 0.1) is 0 Å². The van der Waals surface area contributed by atoms with E-state index < -0.39 is 0 Å². The molecular formula is C12H15NO2. The van der Waals surface area contributed by atoms with Crippen LogP contribution in [0, 0.1) is 11.8 Å². The molecule has 80 valence electrons. The predicted molar refractivity (Wildman–Crippen MR) is 58.2 cm³/mol. The van der Waals surface area contributed by atoms with Gasteiger partial charge in [0, 0.05) is 12.8 Å². The molecule has 0 aliphatic heterocycles. The van der Waals surface area contributed by atoms with E-state index in [1.807, 2.05) is 32.0 Å². The molecule has 0 saturated carbocycles. The van der Waals surface area contributed by atoms with Gasteiger partial charge in [-0.25, -0.2) is 4.98 Å². The lowest BCUT2D eigenvalue weighted by Crippen LogP contribution is -2.12. The van der Waals surface area contributed by atoms with Crippen LogP contribution in [0.2, 0.25) is 0 Å². The van der Waals surface area contributed by atoms with Crippen LogP contribution in [0.25, 0.3) is 0 Å². The Morgan fingerprint density at radius 3 is 2.93 bits per heavy atom. The van der Waals surface area contributed by atoms with Crippen molar-refractivity contribution < 1.29 is 9.47 Å². The molecule has 1 aromatic rings. The molecule has 0 radical (unpaired) electrons. The summed E-state index contributed by atoms with van der Waals surface area (Å²) in [5.41, 5.74) is 0.755. The fourth-order valence-electron chi connectivity index (χ4n) is 1.01. The minimum atomic E-state index is -0.201. The van der Waals surface area contributed by atoms with E-state index in [1.165, 1.54) is 0 Å². The van der Waals surface area contributed by atoms with Crippen molar-refractivity contribution in [1.29, 1.82) is 0 Å². The van der Waals surface area contributed by atoms with Crippen molar-refractivity contribution in [1.82, 2.24) is 4.98 Å².